The average molecular weight is 463 g/mol. The van der Waals surface area contributed by atoms with Gasteiger partial charge in [-0.1, -0.05) is 40.2 Å². The van der Waals surface area contributed by atoms with Crippen LogP contribution < -0.4 is 14.9 Å². The minimum atomic E-state index is 0.630. The van der Waals surface area contributed by atoms with E-state index in [-0.39, 0.29) is 0 Å². The van der Waals surface area contributed by atoms with Crippen LogP contribution in [0.3, 0.4) is 0 Å². The Bertz CT molecular complexity index is 1210. The number of benzene rings is 3. The van der Waals surface area contributed by atoms with Gasteiger partial charge in [0.25, 0.3) is 0 Å². The van der Waals surface area contributed by atoms with Gasteiger partial charge >= 0.3 is 0 Å². The maximum absolute atomic E-state index is 5.34. The second-order valence-electron chi connectivity index (χ2n) is 6.40. The van der Waals surface area contributed by atoms with Gasteiger partial charge in [-0.2, -0.15) is 5.10 Å². The number of para-hydroxylation sites is 1. The van der Waals surface area contributed by atoms with Gasteiger partial charge in [0.05, 0.1) is 26.0 Å². The summed E-state index contributed by atoms with van der Waals surface area (Å²) in [4.78, 5) is 9.39. The molecule has 0 amide bonds. The van der Waals surface area contributed by atoms with Crippen LogP contribution in [0.2, 0.25) is 0 Å². The molecule has 1 aromatic heterocycles. The Morgan fingerprint density at radius 1 is 0.900 bits per heavy atom. The number of nitrogens with one attached hydrogen (secondary N) is 1. The van der Waals surface area contributed by atoms with E-state index in [1.807, 2.05) is 66.7 Å². The van der Waals surface area contributed by atoms with E-state index in [4.69, 9.17) is 19.4 Å². The Labute approximate surface area is 182 Å². The van der Waals surface area contributed by atoms with Crippen LogP contribution in [0.15, 0.2) is 76.3 Å². The molecule has 0 radical (unpaired) electrons. The fraction of sp³-hybridized carbons (Fsp3) is 0.0870. The molecule has 0 saturated carbocycles. The molecule has 30 heavy (non-hydrogen) atoms. The molecule has 0 atom stereocenters. The fourth-order valence-electron chi connectivity index (χ4n) is 2.99. The van der Waals surface area contributed by atoms with Crippen molar-refractivity contribution in [3.8, 4) is 22.9 Å². The highest BCUT2D eigenvalue weighted by molar-refractivity contribution is 9.10. The largest absolute Gasteiger partial charge is 0.493 e. The molecule has 0 bridgehead atoms. The summed E-state index contributed by atoms with van der Waals surface area (Å²) in [5.74, 6) is 2.58. The van der Waals surface area contributed by atoms with Crippen LogP contribution in [0.5, 0.6) is 11.5 Å². The summed E-state index contributed by atoms with van der Waals surface area (Å²) < 4.78 is 11.6. The topological polar surface area (TPSA) is 68.6 Å². The number of nitrogens with zero attached hydrogens (tertiary/aromatic N) is 3. The van der Waals surface area contributed by atoms with E-state index in [2.05, 4.69) is 26.5 Å². The van der Waals surface area contributed by atoms with E-state index in [0.717, 1.165) is 26.5 Å². The molecule has 7 heteroatoms. The van der Waals surface area contributed by atoms with Gasteiger partial charge in [0, 0.05) is 15.4 Å². The smallest absolute Gasteiger partial charge is 0.162 e. The lowest BCUT2D eigenvalue weighted by Crippen LogP contribution is -1.99. The number of methoxy groups -OCH3 is 2. The minimum absolute atomic E-state index is 0.630. The molecule has 0 spiro atoms. The SMILES string of the molecule is COc1ccc(/C=N\Nc2nc(-c3ccc(Br)cc3)nc3ccccc23)cc1OC. The standard InChI is InChI=1S/C23H19BrN4O2/c1-29-20-12-7-15(13-21(20)30-2)14-25-28-23-18-5-3-4-6-19(18)26-22(27-23)16-8-10-17(24)11-9-16/h3-14H,1-2H3,(H,26,27,28)/b25-14-. The number of hydrogen-bond donors (Lipinski definition) is 1. The molecule has 0 saturated heterocycles. The van der Waals surface area contributed by atoms with Crippen LogP contribution in [0.4, 0.5) is 5.82 Å². The van der Waals surface area contributed by atoms with E-state index < -0.39 is 0 Å². The maximum atomic E-state index is 5.34. The minimum Gasteiger partial charge on any atom is -0.493 e. The van der Waals surface area contributed by atoms with Gasteiger partial charge in [0.1, 0.15) is 0 Å². The molecular weight excluding hydrogens is 444 g/mol. The molecule has 150 valence electrons. The molecular formula is C23H19BrN4O2. The Morgan fingerprint density at radius 3 is 2.43 bits per heavy atom. The molecule has 3 aromatic carbocycles. The number of fused-ring (bicyclic) bond motifs is 1. The molecule has 4 rings (SSSR count). The highest BCUT2D eigenvalue weighted by Crippen LogP contribution is 2.28. The van der Waals surface area contributed by atoms with Crippen LogP contribution >= 0.6 is 15.9 Å². The van der Waals surface area contributed by atoms with E-state index in [1.165, 1.54) is 0 Å². The van der Waals surface area contributed by atoms with Crippen LogP contribution in [0.25, 0.3) is 22.3 Å². The average Bonchev–Trinajstić information content (AvgIpc) is 2.79. The lowest BCUT2D eigenvalue weighted by Gasteiger charge is -2.09. The van der Waals surface area contributed by atoms with Gasteiger partial charge in [-0.25, -0.2) is 9.97 Å². The van der Waals surface area contributed by atoms with Gasteiger partial charge < -0.3 is 9.47 Å². The quantitative estimate of drug-likeness (QED) is 0.301. The van der Waals surface area contributed by atoms with Crippen molar-refractivity contribution in [2.24, 2.45) is 5.10 Å². The van der Waals surface area contributed by atoms with Crippen molar-refractivity contribution in [1.82, 2.24) is 9.97 Å². The zero-order valence-corrected chi connectivity index (χ0v) is 18.1. The van der Waals surface area contributed by atoms with E-state index >= 15 is 0 Å². The van der Waals surface area contributed by atoms with Crippen molar-refractivity contribution in [3.05, 3.63) is 76.8 Å². The third-order valence-corrected chi connectivity index (χ3v) is 5.03. The van der Waals surface area contributed by atoms with Gasteiger partial charge in [-0.05, 0) is 48.0 Å². The Kier molecular flexibility index (Phi) is 5.90. The predicted octanol–water partition coefficient (Wildman–Crippen LogP) is 5.52. The van der Waals surface area contributed by atoms with Gasteiger partial charge in [-0.15, -0.1) is 0 Å². The second kappa shape index (κ2) is 8.92. The van der Waals surface area contributed by atoms with Crippen molar-refractivity contribution in [2.75, 3.05) is 19.6 Å². The number of anilines is 1. The Hall–Kier alpha value is -3.45. The summed E-state index contributed by atoms with van der Waals surface area (Å²) >= 11 is 3.46. The zero-order chi connectivity index (χ0) is 20.9. The van der Waals surface area contributed by atoms with Crippen LogP contribution in [0, 0.1) is 0 Å². The molecule has 0 aliphatic heterocycles. The molecule has 4 aromatic rings. The van der Waals surface area contributed by atoms with Crippen LogP contribution in [-0.4, -0.2) is 30.4 Å². The first-order chi connectivity index (χ1) is 14.7. The third kappa shape index (κ3) is 4.26. The number of rotatable bonds is 6. The van der Waals surface area contributed by atoms with E-state index in [9.17, 15) is 0 Å². The zero-order valence-electron chi connectivity index (χ0n) is 16.5. The van der Waals surface area contributed by atoms with Crippen LogP contribution in [0.1, 0.15) is 5.56 Å². The summed E-state index contributed by atoms with van der Waals surface area (Å²) in [6, 6.07) is 21.3. The summed E-state index contributed by atoms with van der Waals surface area (Å²) in [7, 11) is 3.21. The second-order valence-corrected chi connectivity index (χ2v) is 7.32. The Balaban J connectivity index is 1.66. The molecule has 1 heterocycles. The molecule has 0 aliphatic carbocycles. The van der Waals surface area contributed by atoms with Crippen molar-refractivity contribution in [3.63, 3.8) is 0 Å². The van der Waals surface area contributed by atoms with Crippen LogP contribution in [-0.2, 0) is 0 Å². The summed E-state index contributed by atoms with van der Waals surface area (Å²) in [6.07, 6.45) is 1.71. The number of ether oxygens (including phenoxy) is 2. The normalized spacial score (nSPS) is 11.0. The van der Waals surface area contributed by atoms with Crippen molar-refractivity contribution in [1.29, 1.82) is 0 Å². The molecule has 0 aliphatic rings. The maximum Gasteiger partial charge on any atom is 0.162 e. The first-order valence-electron chi connectivity index (χ1n) is 9.22. The lowest BCUT2D eigenvalue weighted by atomic mass is 10.2. The molecule has 1 N–H and O–H groups in total. The Morgan fingerprint density at radius 2 is 1.67 bits per heavy atom. The van der Waals surface area contributed by atoms with Crippen molar-refractivity contribution >= 4 is 38.9 Å². The third-order valence-electron chi connectivity index (χ3n) is 4.50. The number of hydrogen-bond acceptors (Lipinski definition) is 6. The summed E-state index contributed by atoms with van der Waals surface area (Å²) in [5.41, 5.74) is 5.70. The van der Waals surface area contributed by atoms with Crippen molar-refractivity contribution in [2.45, 2.75) is 0 Å². The first-order valence-corrected chi connectivity index (χ1v) is 10.0. The van der Waals surface area contributed by atoms with E-state index in [1.54, 1.807) is 20.4 Å². The van der Waals surface area contributed by atoms with Crippen molar-refractivity contribution < 1.29 is 9.47 Å². The van der Waals surface area contributed by atoms with Gasteiger partial charge in [0.15, 0.2) is 23.1 Å². The summed E-state index contributed by atoms with van der Waals surface area (Å²) in [6.45, 7) is 0. The number of hydrazone groups is 1. The number of aromatic nitrogens is 2. The van der Waals surface area contributed by atoms with Gasteiger partial charge in [-0.3, -0.25) is 5.43 Å². The predicted molar refractivity (Wildman–Crippen MR) is 123 cm³/mol. The summed E-state index contributed by atoms with van der Waals surface area (Å²) in [5, 5.41) is 5.26. The fourth-order valence-corrected chi connectivity index (χ4v) is 3.26. The number of halogens is 1. The molecule has 0 fully saturated rings. The molecule has 6 nitrogen and oxygen atoms in total. The highest BCUT2D eigenvalue weighted by atomic mass is 79.9. The molecule has 0 unspecified atom stereocenters. The monoisotopic (exact) mass is 462 g/mol. The van der Waals surface area contributed by atoms with E-state index in [0.29, 0.717) is 23.1 Å². The first kappa shape index (κ1) is 19.8. The lowest BCUT2D eigenvalue weighted by molar-refractivity contribution is 0.355. The highest BCUT2D eigenvalue weighted by Gasteiger charge is 2.09. The van der Waals surface area contributed by atoms with Gasteiger partial charge in [0.2, 0.25) is 0 Å².